The first-order chi connectivity index (χ1) is 5.95. The summed E-state index contributed by atoms with van der Waals surface area (Å²) in [5, 5.41) is 6.81. The molecule has 0 radical (unpaired) electrons. The molecule has 1 aromatic heterocycles. The van der Waals surface area contributed by atoms with Gasteiger partial charge in [-0.1, -0.05) is 0 Å². The molecule has 1 fully saturated rings. The van der Waals surface area contributed by atoms with Crippen molar-refractivity contribution in [1.82, 2.24) is 10.3 Å². The Kier molecular flexibility index (Phi) is 2.74. The highest BCUT2D eigenvalue weighted by Gasteiger charge is 2.19. The van der Waals surface area contributed by atoms with E-state index in [2.05, 4.69) is 10.3 Å². The second kappa shape index (κ2) is 4.01. The molecule has 66 valence electrons. The zero-order valence-electron chi connectivity index (χ0n) is 7.12. The van der Waals surface area contributed by atoms with Gasteiger partial charge in [0.2, 0.25) is 0 Å². The first kappa shape index (κ1) is 8.20. The zero-order chi connectivity index (χ0) is 8.23. The molecule has 12 heavy (non-hydrogen) atoms. The lowest BCUT2D eigenvalue weighted by Crippen LogP contribution is -2.17. The monoisotopic (exact) mass is 182 g/mol. The molecule has 3 heteroatoms. The Morgan fingerprint density at radius 3 is 3.17 bits per heavy atom. The molecule has 1 aromatic rings. The van der Waals surface area contributed by atoms with Crippen LogP contribution >= 0.6 is 11.3 Å². The summed E-state index contributed by atoms with van der Waals surface area (Å²) in [5.74, 6) is 0. The van der Waals surface area contributed by atoms with E-state index in [9.17, 15) is 0 Å². The number of hydrogen-bond acceptors (Lipinski definition) is 3. The third kappa shape index (κ3) is 2.57. The SMILES string of the molecule is c1csc(CCCNC2CC2)n1. The van der Waals surface area contributed by atoms with Crippen LogP contribution in [0.15, 0.2) is 11.6 Å². The number of aryl methyl sites for hydroxylation is 1. The zero-order valence-corrected chi connectivity index (χ0v) is 7.94. The molecule has 0 amide bonds. The number of hydrogen-bond donors (Lipinski definition) is 1. The molecule has 1 heterocycles. The van der Waals surface area contributed by atoms with Gasteiger partial charge >= 0.3 is 0 Å². The standard InChI is InChI=1S/C9H14N2S/c1(5-10-8-3-4-8)2-9-11-6-7-12-9/h6-8,10H,1-5H2. The van der Waals surface area contributed by atoms with Crippen molar-refractivity contribution < 1.29 is 0 Å². The lowest BCUT2D eigenvalue weighted by molar-refractivity contribution is 0.644. The minimum Gasteiger partial charge on any atom is -0.314 e. The number of thiazole rings is 1. The van der Waals surface area contributed by atoms with Gasteiger partial charge < -0.3 is 5.32 Å². The Morgan fingerprint density at radius 1 is 1.58 bits per heavy atom. The van der Waals surface area contributed by atoms with Crippen LogP contribution in [0.1, 0.15) is 24.3 Å². The normalized spacial score (nSPS) is 16.7. The maximum Gasteiger partial charge on any atom is 0.0925 e. The third-order valence-corrected chi connectivity index (χ3v) is 2.90. The molecule has 1 aliphatic carbocycles. The quantitative estimate of drug-likeness (QED) is 0.703. The molecule has 0 unspecified atom stereocenters. The molecular formula is C9H14N2S. The predicted molar refractivity (Wildman–Crippen MR) is 51.5 cm³/mol. The molecule has 1 aliphatic rings. The summed E-state index contributed by atoms with van der Waals surface area (Å²) < 4.78 is 0. The summed E-state index contributed by atoms with van der Waals surface area (Å²) in [4.78, 5) is 4.24. The van der Waals surface area contributed by atoms with Crippen LogP contribution in [0.25, 0.3) is 0 Å². The minimum absolute atomic E-state index is 0.848. The second-order valence-corrected chi connectivity index (χ2v) is 4.24. The first-order valence-electron chi connectivity index (χ1n) is 4.57. The van der Waals surface area contributed by atoms with Gasteiger partial charge in [-0.25, -0.2) is 4.98 Å². The van der Waals surface area contributed by atoms with Crippen LogP contribution in [-0.2, 0) is 6.42 Å². The van der Waals surface area contributed by atoms with Gasteiger partial charge in [-0.2, -0.15) is 0 Å². The molecule has 1 saturated carbocycles. The van der Waals surface area contributed by atoms with E-state index in [0.717, 1.165) is 19.0 Å². The van der Waals surface area contributed by atoms with Crippen LogP contribution in [0.3, 0.4) is 0 Å². The van der Waals surface area contributed by atoms with Gasteiger partial charge in [0.1, 0.15) is 0 Å². The Labute approximate surface area is 77.0 Å². The molecule has 0 aliphatic heterocycles. The van der Waals surface area contributed by atoms with Crippen LogP contribution in [-0.4, -0.2) is 17.6 Å². The van der Waals surface area contributed by atoms with Crippen molar-refractivity contribution in [2.45, 2.75) is 31.7 Å². The van der Waals surface area contributed by atoms with Gasteiger partial charge in [0.15, 0.2) is 0 Å². The van der Waals surface area contributed by atoms with Crippen molar-refractivity contribution in [2.75, 3.05) is 6.54 Å². The maximum absolute atomic E-state index is 4.24. The maximum atomic E-state index is 4.24. The van der Waals surface area contributed by atoms with Crippen molar-refractivity contribution in [3.05, 3.63) is 16.6 Å². The molecular weight excluding hydrogens is 168 g/mol. The molecule has 0 aromatic carbocycles. The van der Waals surface area contributed by atoms with Crippen LogP contribution in [0, 0.1) is 0 Å². The van der Waals surface area contributed by atoms with E-state index in [1.165, 1.54) is 24.3 Å². The van der Waals surface area contributed by atoms with E-state index in [1.807, 2.05) is 11.6 Å². The lowest BCUT2D eigenvalue weighted by Gasteiger charge is -1.99. The largest absolute Gasteiger partial charge is 0.314 e. The van der Waals surface area contributed by atoms with Crippen molar-refractivity contribution in [2.24, 2.45) is 0 Å². The van der Waals surface area contributed by atoms with Crippen molar-refractivity contribution in [1.29, 1.82) is 0 Å². The second-order valence-electron chi connectivity index (χ2n) is 3.26. The lowest BCUT2D eigenvalue weighted by atomic mass is 10.3. The third-order valence-electron chi connectivity index (χ3n) is 2.06. The van der Waals surface area contributed by atoms with E-state index in [4.69, 9.17) is 0 Å². The highest BCUT2D eigenvalue weighted by molar-refractivity contribution is 7.09. The summed E-state index contributed by atoms with van der Waals surface area (Å²) in [6.07, 6.45) is 7.02. The predicted octanol–water partition coefficient (Wildman–Crippen LogP) is 1.83. The summed E-state index contributed by atoms with van der Waals surface area (Å²) in [6.45, 7) is 1.16. The van der Waals surface area contributed by atoms with E-state index < -0.39 is 0 Å². The molecule has 1 N–H and O–H groups in total. The van der Waals surface area contributed by atoms with Crippen molar-refractivity contribution >= 4 is 11.3 Å². The average molecular weight is 182 g/mol. The highest BCUT2D eigenvalue weighted by atomic mass is 32.1. The van der Waals surface area contributed by atoms with Crippen LogP contribution < -0.4 is 5.32 Å². The fraction of sp³-hybridized carbons (Fsp3) is 0.667. The van der Waals surface area contributed by atoms with E-state index in [1.54, 1.807) is 11.3 Å². The Hall–Kier alpha value is -0.410. The van der Waals surface area contributed by atoms with Crippen LogP contribution in [0.4, 0.5) is 0 Å². The molecule has 2 rings (SSSR count). The summed E-state index contributed by atoms with van der Waals surface area (Å²) in [5.41, 5.74) is 0. The van der Waals surface area contributed by atoms with E-state index in [0.29, 0.717) is 0 Å². The van der Waals surface area contributed by atoms with Crippen LogP contribution in [0.2, 0.25) is 0 Å². The van der Waals surface area contributed by atoms with Gasteiger partial charge in [-0.15, -0.1) is 11.3 Å². The van der Waals surface area contributed by atoms with Gasteiger partial charge in [0.25, 0.3) is 0 Å². The van der Waals surface area contributed by atoms with Crippen LogP contribution in [0.5, 0.6) is 0 Å². The minimum atomic E-state index is 0.848. The summed E-state index contributed by atoms with van der Waals surface area (Å²) in [7, 11) is 0. The van der Waals surface area contributed by atoms with Gasteiger partial charge in [-0.3, -0.25) is 0 Å². The van der Waals surface area contributed by atoms with Gasteiger partial charge in [-0.05, 0) is 25.8 Å². The van der Waals surface area contributed by atoms with Crippen molar-refractivity contribution in [3.63, 3.8) is 0 Å². The number of nitrogens with zero attached hydrogens (tertiary/aromatic N) is 1. The van der Waals surface area contributed by atoms with E-state index in [-0.39, 0.29) is 0 Å². The highest BCUT2D eigenvalue weighted by Crippen LogP contribution is 2.18. The van der Waals surface area contributed by atoms with Crippen molar-refractivity contribution in [3.8, 4) is 0 Å². The topological polar surface area (TPSA) is 24.9 Å². The molecule has 0 saturated heterocycles. The number of aromatic nitrogens is 1. The first-order valence-corrected chi connectivity index (χ1v) is 5.45. The van der Waals surface area contributed by atoms with Gasteiger partial charge in [0, 0.05) is 24.0 Å². The Balaban J connectivity index is 1.56. The summed E-state index contributed by atoms with van der Waals surface area (Å²) >= 11 is 1.76. The molecule has 0 bridgehead atoms. The summed E-state index contributed by atoms with van der Waals surface area (Å²) in [6, 6.07) is 0.848. The number of rotatable bonds is 5. The van der Waals surface area contributed by atoms with E-state index >= 15 is 0 Å². The Morgan fingerprint density at radius 2 is 2.50 bits per heavy atom. The van der Waals surface area contributed by atoms with Gasteiger partial charge in [0.05, 0.1) is 5.01 Å². The average Bonchev–Trinajstić information content (AvgIpc) is 2.76. The number of nitrogens with one attached hydrogen (secondary N) is 1. The fourth-order valence-corrected chi connectivity index (χ4v) is 1.87. The Bertz CT molecular complexity index is 216. The molecule has 2 nitrogen and oxygen atoms in total. The smallest absolute Gasteiger partial charge is 0.0925 e. The fourth-order valence-electron chi connectivity index (χ4n) is 1.21. The molecule has 0 spiro atoms. The molecule has 0 atom stereocenters.